The summed E-state index contributed by atoms with van der Waals surface area (Å²) in [7, 11) is 0. The van der Waals surface area contributed by atoms with E-state index in [-0.39, 0.29) is 12.5 Å². The summed E-state index contributed by atoms with van der Waals surface area (Å²) in [4.78, 5) is 26.5. The summed E-state index contributed by atoms with van der Waals surface area (Å²) in [5.74, 6) is -0.653. The Labute approximate surface area is 235 Å². The van der Waals surface area contributed by atoms with Crippen molar-refractivity contribution in [2.45, 2.75) is 51.4 Å². The van der Waals surface area contributed by atoms with Crippen LogP contribution in [-0.4, -0.2) is 38.3 Å². The highest BCUT2D eigenvalue weighted by molar-refractivity contribution is 8.00. The number of rotatable bonds is 8. The number of nitrogens with one attached hydrogen (secondary N) is 1. The average Bonchev–Trinajstić information content (AvgIpc) is 3.51. The van der Waals surface area contributed by atoms with Crippen molar-refractivity contribution in [3.05, 3.63) is 76.2 Å². The van der Waals surface area contributed by atoms with Gasteiger partial charge in [0, 0.05) is 16.3 Å². The molecule has 1 amide bonds. The molecule has 39 heavy (non-hydrogen) atoms. The summed E-state index contributed by atoms with van der Waals surface area (Å²) in [5.41, 5.74) is 7.27. The minimum Gasteiger partial charge on any atom is -0.462 e. The fraction of sp³-hybridized carbons (Fsp3) is 0.267. The van der Waals surface area contributed by atoms with E-state index in [1.807, 2.05) is 53.1 Å². The first kappa shape index (κ1) is 26.9. The number of ether oxygens (including phenoxy) is 1. The van der Waals surface area contributed by atoms with E-state index in [9.17, 15) is 9.59 Å². The highest BCUT2D eigenvalue weighted by Gasteiger charge is 2.27. The van der Waals surface area contributed by atoms with Crippen LogP contribution in [0.4, 0.5) is 5.00 Å². The Balaban J connectivity index is 1.48. The second-order valence-corrected chi connectivity index (χ2v) is 11.5. The van der Waals surface area contributed by atoms with E-state index < -0.39 is 11.2 Å². The lowest BCUT2D eigenvalue weighted by atomic mass is 10.0. The van der Waals surface area contributed by atoms with Gasteiger partial charge in [0.05, 0.1) is 17.4 Å². The maximum absolute atomic E-state index is 13.6. The highest BCUT2D eigenvalue weighted by atomic mass is 32.2. The molecular weight excluding hydrogens is 528 g/mol. The van der Waals surface area contributed by atoms with Crippen LogP contribution in [0.1, 0.15) is 47.3 Å². The first-order valence-corrected chi connectivity index (χ1v) is 14.7. The maximum Gasteiger partial charge on any atom is 0.341 e. The molecule has 9 heteroatoms. The van der Waals surface area contributed by atoms with Crippen molar-refractivity contribution in [1.29, 1.82) is 0 Å². The van der Waals surface area contributed by atoms with E-state index in [1.165, 1.54) is 28.7 Å². The monoisotopic (exact) mass is 558 g/mol. The van der Waals surface area contributed by atoms with Crippen LogP contribution in [0.3, 0.4) is 0 Å². The normalized spacial score (nSPS) is 12.1. The zero-order valence-corrected chi connectivity index (χ0v) is 24.2. The first-order valence-electron chi connectivity index (χ1n) is 12.9. The molecule has 0 saturated heterocycles. The Morgan fingerprint density at radius 1 is 1.05 bits per heavy atom. The molecule has 1 unspecified atom stereocenters. The summed E-state index contributed by atoms with van der Waals surface area (Å²) in [6.45, 7) is 10.2. The summed E-state index contributed by atoms with van der Waals surface area (Å²) in [6.07, 6.45) is 0.568. The SMILES string of the molecule is CCOC(=O)c1c(-c2ccccc2)csc1NC(=O)C(CC)Sc1nnc2cc(C)c3cc(C)cc(C)c3n12. The van der Waals surface area contributed by atoms with Crippen molar-refractivity contribution < 1.29 is 14.3 Å². The van der Waals surface area contributed by atoms with E-state index in [4.69, 9.17) is 4.74 Å². The minimum absolute atomic E-state index is 0.199. The van der Waals surface area contributed by atoms with Crippen molar-refractivity contribution in [3.8, 4) is 11.1 Å². The van der Waals surface area contributed by atoms with Gasteiger partial charge in [0.25, 0.3) is 0 Å². The van der Waals surface area contributed by atoms with Gasteiger partial charge < -0.3 is 10.1 Å². The van der Waals surface area contributed by atoms with Gasteiger partial charge in [0.15, 0.2) is 10.8 Å². The molecule has 0 saturated carbocycles. The molecule has 0 aliphatic rings. The number of carbonyl (C=O) groups is 2. The van der Waals surface area contributed by atoms with E-state index in [1.54, 1.807) is 6.92 Å². The number of pyridine rings is 1. The third-order valence-corrected chi connectivity index (χ3v) is 8.80. The molecule has 0 fully saturated rings. The lowest BCUT2D eigenvalue weighted by Crippen LogP contribution is -2.25. The van der Waals surface area contributed by atoms with Crippen LogP contribution in [0.15, 0.2) is 59.1 Å². The molecule has 0 aliphatic carbocycles. The van der Waals surface area contributed by atoms with Gasteiger partial charge in [-0.05, 0) is 62.9 Å². The van der Waals surface area contributed by atoms with Crippen molar-refractivity contribution in [2.24, 2.45) is 0 Å². The molecule has 2 aromatic carbocycles. The fourth-order valence-electron chi connectivity index (χ4n) is 4.82. The minimum atomic E-state index is -0.454. The van der Waals surface area contributed by atoms with Gasteiger partial charge in [-0.3, -0.25) is 9.20 Å². The van der Waals surface area contributed by atoms with Crippen LogP contribution in [0.25, 0.3) is 27.7 Å². The molecule has 0 bridgehead atoms. The molecule has 5 aromatic rings. The number of thioether (sulfide) groups is 1. The quantitative estimate of drug-likeness (QED) is 0.160. The number of nitrogens with zero attached hydrogens (tertiary/aromatic N) is 3. The van der Waals surface area contributed by atoms with Gasteiger partial charge in [0.2, 0.25) is 5.91 Å². The summed E-state index contributed by atoms with van der Waals surface area (Å²) < 4.78 is 7.39. The van der Waals surface area contributed by atoms with Gasteiger partial charge in [0.1, 0.15) is 10.6 Å². The number of aryl methyl sites for hydroxylation is 3. The van der Waals surface area contributed by atoms with Crippen molar-refractivity contribution in [2.75, 3.05) is 11.9 Å². The number of carbonyl (C=O) groups excluding carboxylic acids is 2. The van der Waals surface area contributed by atoms with E-state index in [0.29, 0.717) is 22.1 Å². The Hall–Kier alpha value is -3.69. The van der Waals surface area contributed by atoms with Gasteiger partial charge in [-0.15, -0.1) is 21.5 Å². The molecule has 1 N–H and O–H groups in total. The summed E-state index contributed by atoms with van der Waals surface area (Å²) in [6, 6.07) is 16.0. The average molecular weight is 559 g/mol. The van der Waals surface area contributed by atoms with Gasteiger partial charge in [-0.1, -0.05) is 60.6 Å². The molecule has 3 heterocycles. The largest absolute Gasteiger partial charge is 0.462 e. The van der Waals surface area contributed by atoms with Crippen molar-refractivity contribution >= 4 is 56.5 Å². The summed E-state index contributed by atoms with van der Waals surface area (Å²) >= 11 is 2.70. The number of hydrogen-bond acceptors (Lipinski definition) is 7. The van der Waals surface area contributed by atoms with Gasteiger partial charge in [-0.25, -0.2) is 4.79 Å². The smallest absolute Gasteiger partial charge is 0.341 e. The number of anilines is 1. The Bertz CT molecular complexity index is 1690. The number of benzene rings is 2. The van der Waals surface area contributed by atoms with E-state index in [2.05, 4.69) is 48.4 Å². The number of fused-ring (bicyclic) bond motifs is 3. The lowest BCUT2D eigenvalue weighted by Gasteiger charge is -2.16. The molecule has 200 valence electrons. The zero-order valence-electron chi connectivity index (χ0n) is 22.6. The van der Waals surface area contributed by atoms with Crippen LogP contribution in [0, 0.1) is 20.8 Å². The highest BCUT2D eigenvalue weighted by Crippen LogP contribution is 2.37. The van der Waals surface area contributed by atoms with E-state index >= 15 is 0 Å². The molecular formula is C30H30N4O3S2. The molecule has 1 atom stereocenters. The van der Waals surface area contributed by atoms with Gasteiger partial charge >= 0.3 is 5.97 Å². The summed E-state index contributed by atoms with van der Waals surface area (Å²) in [5, 5.41) is 15.6. The molecule has 7 nitrogen and oxygen atoms in total. The van der Waals surface area contributed by atoms with E-state index in [0.717, 1.165) is 38.8 Å². The second kappa shape index (κ2) is 11.2. The number of thiophene rings is 1. The first-order chi connectivity index (χ1) is 18.8. The Morgan fingerprint density at radius 2 is 1.82 bits per heavy atom. The molecule has 0 aliphatic heterocycles. The molecule has 5 rings (SSSR count). The Kier molecular flexibility index (Phi) is 7.72. The zero-order chi connectivity index (χ0) is 27.7. The number of hydrogen-bond donors (Lipinski definition) is 1. The third kappa shape index (κ3) is 5.16. The van der Waals surface area contributed by atoms with Gasteiger partial charge in [-0.2, -0.15) is 0 Å². The molecule has 0 radical (unpaired) electrons. The Morgan fingerprint density at radius 3 is 2.54 bits per heavy atom. The number of esters is 1. The fourth-order valence-corrected chi connectivity index (χ4v) is 6.74. The van der Waals surface area contributed by atoms with Crippen LogP contribution < -0.4 is 5.32 Å². The van der Waals surface area contributed by atoms with Crippen LogP contribution >= 0.6 is 23.1 Å². The van der Waals surface area contributed by atoms with Crippen LogP contribution in [0.5, 0.6) is 0 Å². The van der Waals surface area contributed by atoms with Crippen molar-refractivity contribution in [1.82, 2.24) is 14.6 Å². The second-order valence-electron chi connectivity index (χ2n) is 9.43. The van der Waals surface area contributed by atoms with Crippen LogP contribution in [0.2, 0.25) is 0 Å². The topological polar surface area (TPSA) is 85.6 Å². The molecule has 0 spiro atoms. The van der Waals surface area contributed by atoms with Crippen molar-refractivity contribution in [3.63, 3.8) is 0 Å². The third-order valence-electron chi connectivity index (χ3n) is 6.60. The number of amides is 1. The predicted molar refractivity (Wildman–Crippen MR) is 159 cm³/mol. The standard InChI is InChI=1S/C30H30N4O3S2/c1-6-23(39-30-33-32-24-15-18(4)21-14-17(3)13-19(5)26(21)34(24)30)27(35)31-28-25(29(36)37-7-2)22(16-38-28)20-11-9-8-10-12-20/h8-16,23H,6-7H2,1-5H3,(H,31,35). The maximum atomic E-state index is 13.6. The number of aromatic nitrogens is 3. The lowest BCUT2D eigenvalue weighted by molar-refractivity contribution is -0.115. The molecule has 3 aromatic heterocycles. The van der Waals surface area contributed by atoms with Crippen LogP contribution in [-0.2, 0) is 9.53 Å². The predicted octanol–water partition coefficient (Wildman–Crippen LogP) is 7.22.